The fraction of sp³-hybridized carbons (Fsp3) is 0.300. The third kappa shape index (κ3) is 4.93. The van der Waals surface area contributed by atoms with Gasteiger partial charge in [0.05, 0.1) is 24.5 Å². The highest BCUT2D eigenvalue weighted by atomic mass is 35.7. The van der Waals surface area contributed by atoms with Crippen LogP contribution in [0.4, 0.5) is 0 Å². The number of halogens is 1. The minimum absolute atomic E-state index is 0.0795. The lowest BCUT2D eigenvalue weighted by Gasteiger charge is -2.07. The zero-order valence-electron chi connectivity index (χ0n) is 9.01. The lowest BCUT2D eigenvalue weighted by atomic mass is 10.2. The number of nitrogens with zero attached hydrogens (tertiary/aromatic N) is 1. The standard InChI is InChI=1S/C10H10ClNO4S/c1-15-9-4-8(7-12)5-10(6-9)16-2-3-17(11,13)14/h4-6H,2-3H2,1H3. The first-order chi connectivity index (χ1) is 7.94. The molecule has 92 valence electrons. The largest absolute Gasteiger partial charge is 0.497 e. The minimum atomic E-state index is -3.57. The van der Waals surface area contributed by atoms with Gasteiger partial charge in [-0.25, -0.2) is 8.42 Å². The van der Waals surface area contributed by atoms with Crippen molar-refractivity contribution in [2.45, 2.75) is 0 Å². The van der Waals surface area contributed by atoms with Gasteiger partial charge in [-0.1, -0.05) is 0 Å². The molecule has 0 N–H and O–H groups in total. The Morgan fingerprint density at radius 1 is 1.35 bits per heavy atom. The Bertz CT molecular complexity index is 536. The molecule has 0 saturated heterocycles. The number of ether oxygens (including phenoxy) is 2. The highest BCUT2D eigenvalue weighted by Gasteiger charge is 2.07. The van der Waals surface area contributed by atoms with Crippen LogP contribution in [0.5, 0.6) is 11.5 Å². The second-order valence-electron chi connectivity index (χ2n) is 3.10. The van der Waals surface area contributed by atoms with E-state index in [1.807, 2.05) is 6.07 Å². The van der Waals surface area contributed by atoms with Crippen molar-refractivity contribution in [3.8, 4) is 17.6 Å². The van der Waals surface area contributed by atoms with Gasteiger partial charge in [0, 0.05) is 16.7 Å². The van der Waals surface area contributed by atoms with Crippen LogP contribution < -0.4 is 9.47 Å². The molecule has 0 unspecified atom stereocenters. The number of hydrogen-bond donors (Lipinski definition) is 0. The maximum atomic E-state index is 10.7. The predicted octanol–water partition coefficient (Wildman–Crippen LogP) is 1.51. The predicted molar refractivity (Wildman–Crippen MR) is 62.8 cm³/mol. The Labute approximate surface area is 104 Å². The molecule has 17 heavy (non-hydrogen) atoms. The summed E-state index contributed by atoms with van der Waals surface area (Å²) in [5.41, 5.74) is 0.369. The van der Waals surface area contributed by atoms with Crippen LogP contribution in [0.15, 0.2) is 18.2 Å². The lowest BCUT2D eigenvalue weighted by Crippen LogP contribution is -2.08. The van der Waals surface area contributed by atoms with Gasteiger partial charge in [-0.3, -0.25) is 0 Å². The van der Waals surface area contributed by atoms with Crippen LogP contribution in [-0.2, 0) is 9.05 Å². The highest BCUT2D eigenvalue weighted by Crippen LogP contribution is 2.22. The van der Waals surface area contributed by atoms with E-state index < -0.39 is 9.05 Å². The number of methoxy groups -OCH3 is 1. The molecule has 0 aliphatic rings. The van der Waals surface area contributed by atoms with Crippen molar-refractivity contribution < 1.29 is 17.9 Å². The van der Waals surface area contributed by atoms with Gasteiger partial charge in [-0.2, -0.15) is 5.26 Å². The zero-order valence-corrected chi connectivity index (χ0v) is 10.6. The number of hydrogen-bond acceptors (Lipinski definition) is 5. The summed E-state index contributed by atoms with van der Waals surface area (Å²) in [5.74, 6) is 0.530. The van der Waals surface area contributed by atoms with Gasteiger partial charge in [-0.05, 0) is 12.1 Å². The first kappa shape index (κ1) is 13.6. The van der Waals surface area contributed by atoms with Crippen LogP contribution in [0, 0.1) is 11.3 Å². The molecule has 0 spiro atoms. The van der Waals surface area contributed by atoms with Crippen LogP contribution in [0.1, 0.15) is 5.56 Å². The third-order valence-electron chi connectivity index (χ3n) is 1.84. The van der Waals surface area contributed by atoms with Gasteiger partial charge in [-0.15, -0.1) is 0 Å². The quantitative estimate of drug-likeness (QED) is 0.762. The van der Waals surface area contributed by atoms with E-state index in [1.54, 1.807) is 12.1 Å². The van der Waals surface area contributed by atoms with Crippen molar-refractivity contribution in [3.05, 3.63) is 23.8 Å². The van der Waals surface area contributed by atoms with Crippen molar-refractivity contribution in [1.82, 2.24) is 0 Å². The van der Waals surface area contributed by atoms with Crippen molar-refractivity contribution in [3.63, 3.8) is 0 Å². The third-order valence-corrected chi connectivity index (χ3v) is 2.96. The van der Waals surface area contributed by atoms with E-state index in [0.29, 0.717) is 17.1 Å². The molecule has 0 fully saturated rings. The van der Waals surface area contributed by atoms with E-state index in [1.165, 1.54) is 13.2 Å². The topological polar surface area (TPSA) is 76.4 Å². The van der Waals surface area contributed by atoms with Gasteiger partial charge in [0.2, 0.25) is 9.05 Å². The maximum Gasteiger partial charge on any atom is 0.235 e. The van der Waals surface area contributed by atoms with Crippen LogP contribution in [-0.4, -0.2) is 27.9 Å². The van der Waals surface area contributed by atoms with Crippen LogP contribution in [0.25, 0.3) is 0 Å². The van der Waals surface area contributed by atoms with E-state index >= 15 is 0 Å². The van der Waals surface area contributed by atoms with Crippen LogP contribution in [0.3, 0.4) is 0 Å². The van der Waals surface area contributed by atoms with Gasteiger partial charge >= 0.3 is 0 Å². The highest BCUT2D eigenvalue weighted by molar-refractivity contribution is 8.13. The molecular formula is C10H10ClNO4S. The van der Waals surface area contributed by atoms with Gasteiger partial charge in [0.1, 0.15) is 18.1 Å². The van der Waals surface area contributed by atoms with E-state index in [4.69, 9.17) is 25.4 Å². The second-order valence-corrected chi connectivity index (χ2v) is 6.00. The monoisotopic (exact) mass is 275 g/mol. The fourth-order valence-corrected chi connectivity index (χ4v) is 1.57. The summed E-state index contributed by atoms with van der Waals surface area (Å²) in [7, 11) is 2.92. The van der Waals surface area contributed by atoms with E-state index in [2.05, 4.69) is 0 Å². The summed E-state index contributed by atoms with van der Waals surface area (Å²) in [4.78, 5) is 0. The minimum Gasteiger partial charge on any atom is -0.497 e. The molecule has 7 heteroatoms. The molecule has 1 aromatic carbocycles. The zero-order chi connectivity index (χ0) is 12.9. The molecule has 1 rings (SSSR count). The average molecular weight is 276 g/mol. The smallest absolute Gasteiger partial charge is 0.235 e. The lowest BCUT2D eigenvalue weighted by molar-refractivity contribution is 0.337. The van der Waals surface area contributed by atoms with Gasteiger partial charge in [0.15, 0.2) is 0 Å². The Balaban J connectivity index is 2.74. The summed E-state index contributed by atoms with van der Waals surface area (Å²) in [5, 5.41) is 8.76. The fourth-order valence-electron chi connectivity index (χ4n) is 1.10. The number of benzene rings is 1. The van der Waals surface area contributed by atoms with E-state index in [0.717, 1.165) is 0 Å². The summed E-state index contributed by atoms with van der Waals surface area (Å²) >= 11 is 0. The Kier molecular flexibility index (Phi) is 4.61. The van der Waals surface area contributed by atoms with Crippen molar-refractivity contribution in [2.24, 2.45) is 0 Å². The molecule has 0 aliphatic heterocycles. The molecule has 0 amide bonds. The molecule has 0 heterocycles. The molecular weight excluding hydrogens is 266 g/mol. The number of nitriles is 1. The maximum absolute atomic E-state index is 10.7. The van der Waals surface area contributed by atoms with E-state index in [9.17, 15) is 8.42 Å². The molecule has 0 aliphatic carbocycles. The number of rotatable bonds is 5. The Morgan fingerprint density at radius 3 is 2.53 bits per heavy atom. The molecule has 5 nitrogen and oxygen atoms in total. The summed E-state index contributed by atoms with van der Waals surface area (Å²) in [6.07, 6.45) is 0. The SMILES string of the molecule is COc1cc(C#N)cc(OCCS(=O)(=O)Cl)c1. The molecule has 1 aromatic rings. The second kappa shape index (κ2) is 5.75. The van der Waals surface area contributed by atoms with E-state index in [-0.39, 0.29) is 12.4 Å². The normalized spacial score (nSPS) is 10.6. The first-order valence-corrected chi connectivity index (χ1v) is 7.07. The Morgan fingerprint density at radius 2 is 2.00 bits per heavy atom. The summed E-state index contributed by atoms with van der Waals surface area (Å²) in [6.45, 7) is -0.0795. The van der Waals surface area contributed by atoms with Crippen molar-refractivity contribution in [1.29, 1.82) is 5.26 Å². The van der Waals surface area contributed by atoms with Crippen LogP contribution >= 0.6 is 10.7 Å². The summed E-state index contributed by atoms with van der Waals surface area (Å²) in [6, 6.07) is 6.54. The molecule has 0 saturated carbocycles. The van der Waals surface area contributed by atoms with Crippen molar-refractivity contribution >= 4 is 19.7 Å². The first-order valence-electron chi connectivity index (χ1n) is 4.59. The summed E-state index contributed by atoms with van der Waals surface area (Å²) < 4.78 is 31.5. The molecule has 0 atom stereocenters. The van der Waals surface area contributed by atoms with Crippen molar-refractivity contribution in [2.75, 3.05) is 19.5 Å². The molecule has 0 aromatic heterocycles. The Hall–Kier alpha value is -1.45. The van der Waals surface area contributed by atoms with Gasteiger partial charge in [0.25, 0.3) is 0 Å². The molecule has 0 bridgehead atoms. The van der Waals surface area contributed by atoms with Gasteiger partial charge < -0.3 is 9.47 Å². The molecule has 0 radical (unpaired) electrons. The van der Waals surface area contributed by atoms with Crippen LogP contribution in [0.2, 0.25) is 0 Å². The average Bonchev–Trinajstić information content (AvgIpc) is 2.26.